The number of ketones is 1. The van der Waals surface area contributed by atoms with E-state index in [2.05, 4.69) is 15.0 Å². The Morgan fingerprint density at radius 1 is 1.13 bits per heavy atom. The molecule has 0 saturated carbocycles. The van der Waals surface area contributed by atoms with Gasteiger partial charge in [-0.05, 0) is 37.6 Å². The average Bonchev–Trinajstić information content (AvgIpc) is 3.27. The van der Waals surface area contributed by atoms with Crippen LogP contribution in [-0.4, -0.2) is 48.1 Å². The summed E-state index contributed by atoms with van der Waals surface area (Å²) in [5, 5.41) is 4.08. The number of rotatable bonds is 7. The molecule has 3 aromatic rings. The normalized spacial score (nSPS) is 16.9. The topological polar surface area (TPSA) is 77.7 Å². The van der Waals surface area contributed by atoms with Gasteiger partial charge in [-0.1, -0.05) is 35.5 Å². The zero-order chi connectivity index (χ0) is 20.9. The van der Waals surface area contributed by atoms with Crippen molar-refractivity contribution >= 4 is 5.78 Å². The molecule has 2 aromatic carbocycles. The predicted octanol–water partition coefficient (Wildman–Crippen LogP) is 3.85. The van der Waals surface area contributed by atoms with Crippen LogP contribution in [-0.2, 0) is 6.54 Å². The first kappa shape index (κ1) is 20.1. The molecule has 0 spiro atoms. The van der Waals surface area contributed by atoms with Gasteiger partial charge in [0, 0.05) is 23.6 Å². The molecule has 0 N–H and O–H groups in total. The van der Waals surface area contributed by atoms with Gasteiger partial charge in [0.25, 0.3) is 0 Å². The van der Waals surface area contributed by atoms with Gasteiger partial charge in [0.1, 0.15) is 0 Å². The molecule has 1 atom stereocenters. The molecular weight excluding hydrogens is 382 g/mol. The van der Waals surface area contributed by atoms with Gasteiger partial charge in [0.15, 0.2) is 17.3 Å². The number of methoxy groups -OCH3 is 2. The van der Waals surface area contributed by atoms with Gasteiger partial charge < -0.3 is 14.0 Å². The Bertz CT molecular complexity index is 1000. The summed E-state index contributed by atoms with van der Waals surface area (Å²) in [5.74, 6) is 2.37. The van der Waals surface area contributed by atoms with Gasteiger partial charge in [-0.2, -0.15) is 4.98 Å². The minimum absolute atomic E-state index is 0.0756. The SMILES string of the molecule is COc1ccc(C(=O)C2CCCN(Cc3nc(-c4ccccc4)no3)C2)cc1OC. The molecule has 156 valence electrons. The van der Waals surface area contributed by atoms with Gasteiger partial charge in [-0.15, -0.1) is 0 Å². The van der Waals surface area contributed by atoms with Crippen LogP contribution in [0.2, 0.25) is 0 Å². The highest BCUT2D eigenvalue weighted by molar-refractivity contribution is 5.98. The number of hydrogen-bond acceptors (Lipinski definition) is 7. The highest BCUT2D eigenvalue weighted by atomic mass is 16.5. The molecule has 2 heterocycles. The van der Waals surface area contributed by atoms with Crippen molar-refractivity contribution < 1.29 is 18.8 Å². The maximum atomic E-state index is 13.1. The summed E-state index contributed by atoms with van der Waals surface area (Å²) in [6.07, 6.45) is 1.81. The monoisotopic (exact) mass is 407 g/mol. The molecule has 7 heteroatoms. The maximum absolute atomic E-state index is 13.1. The molecule has 1 saturated heterocycles. The smallest absolute Gasteiger partial charge is 0.241 e. The van der Waals surface area contributed by atoms with E-state index in [4.69, 9.17) is 14.0 Å². The average molecular weight is 407 g/mol. The molecule has 0 amide bonds. The number of carbonyl (C=O) groups excluding carboxylic acids is 1. The van der Waals surface area contributed by atoms with Crippen molar-refractivity contribution in [3.8, 4) is 22.9 Å². The molecule has 30 heavy (non-hydrogen) atoms. The number of likely N-dealkylation sites (tertiary alicyclic amines) is 1. The molecule has 1 aromatic heterocycles. The highest BCUT2D eigenvalue weighted by Gasteiger charge is 2.28. The molecule has 7 nitrogen and oxygen atoms in total. The van der Waals surface area contributed by atoms with E-state index in [9.17, 15) is 4.79 Å². The van der Waals surface area contributed by atoms with E-state index in [1.165, 1.54) is 0 Å². The zero-order valence-electron chi connectivity index (χ0n) is 17.2. The van der Waals surface area contributed by atoms with E-state index < -0.39 is 0 Å². The fraction of sp³-hybridized carbons (Fsp3) is 0.348. The zero-order valence-corrected chi connectivity index (χ0v) is 17.2. The Kier molecular flexibility index (Phi) is 6.09. The van der Waals surface area contributed by atoms with Crippen molar-refractivity contribution in [1.82, 2.24) is 15.0 Å². The summed E-state index contributed by atoms with van der Waals surface area (Å²) < 4.78 is 16.0. The van der Waals surface area contributed by atoms with Crippen molar-refractivity contribution in [2.45, 2.75) is 19.4 Å². The number of benzene rings is 2. The van der Waals surface area contributed by atoms with Gasteiger partial charge in [-0.25, -0.2) is 0 Å². The van der Waals surface area contributed by atoms with Crippen molar-refractivity contribution in [3.63, 3.8) is 0 Å². The Hall–Kier alpha value is -3.19. The summed E-state index contributed by atoms with van der Waals surface area (Å²) >= 11 is 0. The summed E-state index contributed by atoms with van der Waals surface area (Å²) in [5.41, 5.74) is 1.57. The third-order valence-electron chi connectivity index (χ3n) is 5.40. The minimum Gasteiger partial charge on any atom is -0.493 e. The number of nitrogens with zero attached hydrogens (tertiary/aromatic N) is 3. The van der Waals surface area contributed by atoms with Crippen molar-refractivity contribution in [2.75, 3.05) is 27.3 Å². The van der Waals surface area contributed by atoms with E-state index in [0.717, 1.165) is 24.9 Å². The van der Waals surface area contributed by atoms with Crippen LogP contribution in [0.5, 0.6) is 11.5 Å². The Labute approximate surface area is 175 Å². The number of carbonyl (C=O) groups is 1. The van der Waals surface area contributed by atoms with Gasteiger partial charge >= 0.3 is 0 Å². The van der Waals surface area contributed by atoms with Crippen molar-refractivity contribution in [2.24, 2.45) is 5.92 Å². The Morgan fingerprint density at radius 3 is 2.70 bits per heavy atom. The lowest BCUT2D eigenvalue weighted by molar-refractivity contribution is 0.0796. The van der Waals surface area contributed by atoms with E-state index >= 15 is 0 Å². The second kappa shape index (κ2) is 9.09. The van der Waals surface area contributed by atoms with Crippen molar-refractivity contribution in [3.05, 3.63) is 60.0 Å². The first-order valence-electron chi connectivity index (χ1n) is 10.0. The van der Waals surface area contributed by atoms with E-state index in [1.54, 1.807) is 32.4 Å². The highest BCUT2D eigenvalue weighted by Crippen LogP contribution is 2.30. The second-order valence-corrected chi connectivity index (χ2v) is 7.39. The largest absolute Gasteiger partial charge is 0.493 e. The lowest BCUT2D eigenvalue weighted by atomic mass is 9.90. The third kappa shape index (κ3) is 4.36. The fourth-order valence-electron chi connectivity index (χ4n) is 3.85. The molecule has 1 fully saturated rings. The molecule has 1 unspecified atom stereocenters. The molecule has 0 aliphatic carbocycles. The molecule has 1 aliphatic rings. The number of ether oxygens (including phenoxy) is 2. The lowest BCUT2D eigenvalue weighted by Gasteiger charge is -2.31. The van der Waals surface area contributed by atoms with Crippen LogP contribution in [0.25, 0.3) is 11.4 Å². The molecule has 1 aliphatic heterocycles. The predicted molar refractivity (Wildman–Crippen MR) is 112 cm³/mol. The number of aromatic nitrogens is 2. The van der Waals surface area contributed by atoms with Crippen molar-refractivity contribution in [1.29, 1.82) is 0 Å². The molecule has 4 rings (SSSR count). The minimum atomic E-state index is -0.0756. The number of hydrogen-bond donors (Lipinski definition) is 0. The van der Waals surface area contributed by atoms with E-state index in [-0.39, 0.29) is 11.7 Å². The third-order valence-corrected chi connectivity index (χ3v) is 5.40. The van der Waals surface area contributed by atoms with Gasteiger partial charge in [0.05, 0.1) is 20.8 Å². The first-order valence-corrected chi connectivity index (χ1v) is 10.0. The second-order valence-electron chi connectivity index (χ2n) is 7.39. The molecule has 0 radical (unpaired) electrons. The number of Topliss-reactive ketones (excluding diaryl/α,β-unsaturated/α-hetero) is 1. The summed E-state index contributed by atoms with van der Waals surface area (Å²) in [4.78, 5) is 19.8. The van der Waals surface area contributed by atoms with Gasteiger partial charge in [0.2, 0.25) is 11.7 Å². The lowest BCUT2D eigenvalue weighted by Crippen LogP contribution is -2.38. The maximum Gasteiger partial charge on any atom is 0.241 e. The molecule has 0 bridgehead atoms. The van der Waals surface area contributed by atoms with Crippen LogP contribution in [0.15, 0.2) is 53.1 Å². The Balaban J connectivity index is 1.42. The summed E-state index contributed by atoms with van der Waals surface area (Å²) in [7, 11) is 3.15. The quantitative estimate of drug-likeness (QED) is 0.551. The van der Waals surface area contributed by atoms with Crippen LogP contribution in [0.3, 0.4) is 0 Å². The van der Waals surface area contributed by atoms with Crippen LogP contribution in [0.4, 0.5) is 0 Å². The van der Waals surface area contributed by atoms with Crippen LogP contribution >= 0.6 is 0 Å². The van der Waals surface area contributed by atoms with Crippen LogP contribution in [0.1, 0.15) is 29.1 Å². The van der Waals surface area contributed by atoms with Crippen LogP contribution in [0, 0.1) is 5.92 Å². The Morgan fingerprint density at radius 2 is 1.93 bits per heavy atom. The first-order chi connectivity index (χ1) is 14.7. The standard InChI is InChI=1S/C23H25N3O4/c1-28-19-11-10-17(13-20(19)29-2)22(27)18-9-6-12-26(14-18)15-21-24-23(25-30-21)16-7-4-3-5-8-16/h3-5,7-8,10-11,13,18H,6,9,12,14-15H2,1-2H3. The number of piperidine rings is 1. The fourth-order valence-corrected chi connectivity index (χ4v) is 3.85. The van der Waals surface area contributed by atoms with E-state index in [1.807, 2.05) is 30.3 Å². The van der Waals surface area contributed by atoms with Gasteiger partial charge in [-0.3, -0.25) is 9.69 Å². The molecular formula is C23H25N3O4. The van der Waals surface area contributed by atoms with Crippen LogP contribution < -0.4 is 9.47 Å². The summed E-state index contributed by atoms with van der Waals surface area (Å²) in [6, 6.07) is 15.1. The van der Waals surface area contributed by atoms with E-state index in [0.29, 0.717) is 41.9 Å². The summed E-state index contributed by atoms with van der Waals surface area (Å²) in [6.45, 7) is 2.10.